The lowest BCUT2D eigenvalue weighted by Crippen LogP contribution is -2.62. The molecule has 0 amide bonds. The van der Waals surface area contributed by atoms with Crippen molar-refractivity contribution in [3.63, 3.8) is 0 Å². The summed E-state index contributed by atoms with van der Waals surface area (Å²) in [6, 6.07) is 14.0. The molecule has 0 N–H and O–H groups in total. The number of aryl methyl sites for hydroxylation is 1. The Balaban J connectivity index is 1.31. The average Bonchev–Trinajstić information content (AvgIpc) is 2.84. The van der Waals surface area contributed by atoms with Crippen LogP contribution < -0.4 is 0 Å². The maximum Gasteiger partial charge on any atom is 0.192 e. The lowest BCUT2D eigenvalue weighted by Gasteiger charge is -2.68. The van der Waals surface area contributed by atoms with E-state index >= 15 is 0 Å². The number of rotatable bonds is 2. The summed E-state index contributed by atoms with van der Waals surface area (Å²) in [7, 11) is -1.81. The highest BCUT2D eigenvalue weighted by molar-refractivity contribution is 6.74. The third-order valence-electron chi connectivity index (χ3n) is 13.3. The molecule has 0 heterocycles. The average molecular weight is 529 g/mol. The molecule has 0 spiro atoms. The lowest BCUT2D eigenvalue weighted by molar-refractivity contribution is -0.148. The Morgan fingerprint density at radius 2 is 1.55 bits per heavy atom. The SMILES string of the molecule is C=C1[C@H](O[Si](C)(C)C(C)(C)C)CC[C@]2(C)[C@H]3CC[C@]4(C)c5ccc6ccccc6c5CC[C@H]4[C@]3(C)CC[C@@H]12. The Kier molecular flexibility index (Phi) is 6.04. The van der Waals surface area contributed by atoms with Crippen LogP contribution in [0.3, 0.4) is 0 Å². The second-order valence-electron chi connectivity index (χ2n) is 16.0. The largest absolute Gasteiger partial charge is 0.410 e. The molecule has 3 fully saturated rings. The summed E-state index contributed by atoms with van der Waals surface area (Å²) in [5, 5.41) is 3.16. The van der Waals surface area contributed by atoms with Gasteiger partial charge in [0.2, 0.25) is 0 Å². The third-order valence-corrected chi connectivity index (χ3v) is 17.8. The molecule has 2 heteroatoms. The number of benzene rings is 2. The van der Waals surface area contributed by atoms with Crippen LogP contribution >= 0.6 is 0 Å². The maximum atomic E-state index is 7.03. The normalized spacial score (nSPS) is 39.2. The first kappa shape index (κ1) is 26.8. The van der Waals surface area contributed by atoms with Crippen LogP contribution in [0.15, 0.2) is 48.6 Å². The van der Waals surface area contributed by atoms with E-state index in [0.717, 1.165) is 11.8 Å². The van der Waals surface area contributed by atoms with Crippen molar-refractivity contribution in [1.29, 1.82) is 0 Å². The summed E-state index contributed by atoms with van der Waals surface area (Å²) in [5.74, 6) is 2.18. The summed E-state index contributed by atoms with van der Waals surface area (Å²) in [4.78, 5) is 0. The second-order valence-corrected chi connectivity index (χ2v) is 20.8. The molecule has 0 unspecified atom stereocenters. The Labute approximate surface area is 234 Å². The first-order valence-electron chi connectivity index (χ1n) is 15.6. The van der Waals surface area contributed by atoms with Gasteiger partial charge in [0, 0.05) is 0 Å². The molecule has 0 aromatic heterocycles. The first-order chi connectivity index (χ1) is 17.7. The van der Waals surface area contributed by atoms with Gasteiger partial charge < -0.3 is 4.43 Å². The quantitative estimate of drug-likeness (QED) is 0.278. The van der Waals surface area contributed by atoms with Crippen LogP contribution in [0.5, 0.6) is 0 Å². The van der Waals surface area contributed by atoms with Gasteiger partial charge in [-0.2, -0.15) is 0 Å². The molecular formula is C36H52OSi. The lowest BCUT2D eigenvalue weighted by atomic mass is 9.37. The van der Waals surface area contributed by atoms with Crippen LogP contribution in [-0.2, 0) is 16.3 Å². The van der Waals surface area contributed by atoms with Crippen LogP contribution in [0.1, 0.15) is 97.6 Å². The van der Waals surface area contributed by atoms with Crippen LogP contribution in [-0.4, -0.2) is 14.4 Å². The molecule has 4 aliphatic carbocycles. The summed E-state index contributed by atoms with van der Waals surface area (Å²) in [6.07, 6.45) is 10.7. The van der Waals surface area contributed by atoms with Crippen molar-refractivity contribution in [3.05, 3.63) is 59.7 Å². The van der Waals surface area contributed by atoms with E-state index in [2.05, 4.69) is 91.0 Å². The highest BCUT2D eigenvalue weighted by Gasteiger charge is 2.64. The summed E-state index contributed by atoms with van der Waals surface area (Å²) in [6.45, 7) is 24.8. The summed E-state index contributed by atoms with van der Waals surface area (Å²) in [5.41, 5.74) is 5.85. The minimum Gasteiger partial charge on any atom is -0.410 e. The molecule has 0 radical (unpaired) electrons. The van der Waals surface area contributed by atoms with Crippen molar-refractivity contribution < 1.29 is 4.43 Å². The van der Waals surface area contributed by atoms with Gasteiger partial charge >= 0.3 is 0 Å². The van der Waals surface area contributed by atoms with Crippen molar-refractivity contribution in [3.8, 4) is 0 Å². The molecule has 0 saturated heterocycles. The van der Waals surface area contributed by atoms with E-state index in [1.165, 1.54) is 67.7 Å². The molecule has 4 aliphatic rings. The molecule has 3 saturated carbocycles. The van der Waals surface area contributed by atoms with Crippen molar-refractivity contribution >= 4 is 19.1 Å². The van der Waals surface area contributed by atoms with Crippen molar-refractivity contribution in [2.75, 3.05) is 0 Å². The van der Waals surface area contributed by atoms with Gasteiger partial charge in [0.1, 0.15) is 0 Å². The van der Waals surface area contributed by atoms with Gasteiger partial charge in [-0.15, -0.1) is 0 Å². The van der Waals surface area contributed by atoms with Gasteiger partial charge in [-0.3, -0.25) is 0 Å². The fourth-order valence-electron chi connectivity index (χ4n) is 10.3. The van der Waals surface area contributed by atoms with Gasteiger partial charge in [0.15, 0.2) is 8.32 Å². The Bertz CT molecular complexity index is 1270. The summed E-state index contributed by atoms with van der Waals surface area (Å²) >= 11 is 0. The van der Waals surface area contributed by atoms with Crippen LogP contribution in [0.2, 0.25) is 18.1 Å². The third kappa shape index (κ3) is 3.64. The fourth-order valence-corrected chi connectivity index (χ4v) is 11.6. The number of hydrogen-bond donors (Lipinski definition) is 0. The van der Waals surface area contributed by atoms with Gasteiger partial charge in [-0.05, 0) is 131 Å². The predicted molar refractivity (Wildman–Crippen MR) is 165 cm³/mol. The zero-order valence-electron chi connectivity index (χ0n) is 25.5. The van der Waals surface area contributed by atoms with E-state index < -0.39 is 8.32 Å². The second kappa shape index (κ2) is 8.56. The minimum atomic E-state index is -1.81. The van der Waals surface area contributed by atoms with E-state index in [0.29, 0.717) is 22.2 Å². The van der Waals surface area contributed by atoms with Crippen molar-refractivity contribution in [1.82, 2.24) is 0 Å². The predicted octanol–water partition coefficient (Wildman–Crippen LogP) is 10.2. The molecule has 2 aromatic carbocycles. The first-order valence-corrected chi connectivity index (χ1v) is 18.5. The highest BCUT2D eigenvalue weighted by Crippen LogP contribution is 2.71. The van der Waals surface area contributed by atoms with Crippen molar-refractivity contribution in [2.24, 2.45) is 28.6 Å². The molecule has 6 rings (SSSR count). The molecule has 0 aliphatic heterocycles. The molecule has 2 aromatic rings. The minimum absolute atomic E-state index is 0.246. The molecule has 38 heavy (non-hydrogen) atoms. The van der Waals surface area contributed by atoms with Gasteiger partial charge in [0.05, 0.1) is 6.10 Å². The molecule has 0 bridgehead atoms. The standard InChI is InChI=1S/C36H52OSi/c1-24-28-18-21-36(7)31-17-15-27-26-13-11-10-12-25(26)14-16-29(27)35(31,6)23-20-32(36)34(28,5)22-19-30(24)37-38(8,9)33(2,3)4/h10-14,16,28,30-32H,1,15,17-23H2,2-9H3/t28-,30+,31+,32+,34-,35+,36-/m0/s1. The van der Waals surface area contributed by atoms with Gasteiger partial charge in [-0.1, -0.05) is 84.5 Å². The smallest absolute Gasteiger partial charge is 0.192 e. The Hall–Kier alpha value is -1.38. The number of hydrogen-bond acceptors (Lipinski definition) is 1. The van der Waals surface area contributed by atoms with Crippen LogP contribution in [0.4, 0.5) is 0 Å². The topological polar surface area (TPSA) is 9.23 Å². The molecule has 206 valence electrons. The fraction of sp³-hybridized carbons (Fsp3) is 0.667. The van der Waals surface area contributed by atoms with E-state index in [9.17, 15) is 0 Å². The molecule has 7 atom stereocenters. The zero-order chi connectivity index (χ0) is 27.3. The van der Waals surface area contributed by atoms with E-state index in [1.807, 2.05) is 0 Å². The Morgan fingerprint density at radius 1 is 0.842 bits per heavy atom. The van der Waals surface area contributed by atoms with Crippen LogP contribution in [0.25, 0.3) is 10.8 Å². The highest BCUT2D eigenvalue weighted by atomic mass is 28.4. The monoisotopic (exact) mass is 528 g/mol. The Morgan fingerprint density at radius 3 is 2.29 bits per heavy atom. The van der Waals surface area contributed by atoms with E-state index in [-0.39, 0.29) is 11.1 Å². The zero-order valence-corrected chi connectivity index (χ0v) is 26.5. The summed E-state index contributed by atoms with van der Waals surface area (Å²) < 4.78 is 7.03. The van der Waals surface area contributed by atoms with Gasteiger partial charge in [-0.25, -0.2) is 0 Å². The number of fused-ring (bicyclic) bond motifs is 9. The maximum absolute atomic E-state index is 7.03. The van der Waals surface area contributed by atoms with Crippen molar-refractivity contribution in [2.45, 2.75) is 123 Å². The molecular weight excluding hydrogens is 476 g/mol. The van der Waals surface area contributed by atoms with E-state index in [4.69, 9.17) is 11.0 Å². The molecule has 1 nitrogen and oxygen atoms in total. The van der Waals surface area contributed by atoms with Gasteiger partial charge in [0.25, 0.3) is 0 Å². The van der Waals surface area contributed by atoms with E-state index in [1.54, 1.807) is 11.1 Å². The van der Waals surface area contributed by atoms with Crippen LogP contribution in [0, 0.1) is 28.6 Å².